The Labute approximate surface area is 154 Å². The van der Waals surface area contributed by atoms with Crippen LogP contribution in [0.4, 0.5) is 0 Å². The molecule has 3 aromatic heterocycles. The molecular weight excluding hydrogens is 346 g/mol. The summed E-state index contributed by atoms with van der Waals surface area (Å²) in [5, 5.41) is 14.5. The van der Waals surface area contributed by atoms with Crippen LogP contribution in [0.3, 0.4) is 0 Å². The maximum Gasteiger partial charge on any atom is 0.273 e. The van der Waals surface area contributed by atoms with Gasteiger partial charge in [0.2, 0.25) is 11.7 Å². The van der Waals surface area contributed by atoms with Crippen LogP contribution >= 0.6 is 0 Å². The van der Waals surface area contributed by atoms with E-state index in [0.717, 1.165) is 16.8 Å². The van der Waals surface area contributed by atoms with Crippen molar-refractivity contribution < 1.29 is 9.32 Å². The van der Waals surface area contributed by atoms with Gasteiger partial charge in [0.1, 0.15) is 0 Å². The normalized spacial score (nSPS) is 10.7. The van der Waals surface area contributed by atoms with Crippen LogP contribution in [0.15, 0.2) is 59.5 Å². The van der Waals surface area contributed by atoms with Crippen LogP contribution in [-0.4, -0.2) is 36.0 Å². The molecule has 0 spiro atoms. The number of hydrogen-bond donors (Lipinski definition) is 1. The van der Waals surface area contributed by atoms with Gasteiger partial charge in [-0.1, -0.05) is 28.1 Å². The lowest BCUT2D eigenvalue weighted by Crippen LogP contribution is -2.23. The number of aromatic nitrogens is 6. The first-order valence-corrected chi connectivity index (χ1v) is 8.19. The Morgan fingerprint density at radius 3 is 2.70 bits per heavy atom. The molecule has 4 rings (SSSR count). The monoisotopic (exact) mass is 361 g/mol. The first-order chi connectivity index (χ1) is 13.2. The second-order valence-corrected chi connectivity index (χ2v) is 5.81. The predicted octanol–water partition coefficient (Wildman–Crippen LogP) is 1.95. The van der Waals surface area contributed by atoms with E-state index in [2.05, 4.69) is 30.8 Å². The molecule has 4 aromatic rings. The number of benzene rings is 1. The summed E-state index contributed by atoms with van der Waals surface area (Å²) >= 11 is 0. The molecule has 9 nitrogen and oxygen atoms in total. The lowest BCUT2D eigenvalue weighted by molar-refractivity contribution is 0.0941. The summed E-state index contributed by atoms with van der Waals surface area (Å²) in [6.45, 7) is 2.09. The fourth-order valence-electron chi connectivity index (χ4n) is 2.38. The highest BCUT2D eigenvalue weighted by Crippen LogP contribution is 2.14. The zero-order chi connectivity index (χ0) is 18.6. The number of aryl methyl sites for hydroxylation is 1. The van der Waals surface area contributed by atoms with Gasteiger partial charge in [-0.3, -0.25) is 9.78 Å². The topological polar surface area (TPSA) is 112 Å². The molecule has 3 heterocycles. The third kappa shape index (κ3) is 3.71. The Balaban J connectivity index is 1.40. The predicted molar refractivity (Wildman–Crippen MR) is 94.8 cm³/mol. The summed E-state index contributed by atoms with van der Waals surface area (Å²) in [6, 6.07) is 11.3. The maximum atomic E-state index is 12.3. The van der Waals surface area contributed by atoms with Gasteiger partial charge >= 0.3 is 0 Å². The molecule has 1 amide bonds. The number of carbonyl (C=O) groups is 1. The minimum Gasteiger partial charge on any atom is -0.342 e. The summed E-state index contributed by atoms with van der Waals surface area (Å²) in [4.78, 5) is 20.5. The first kappa shape index (κ1) is 16.6. The average molecular weight is 361 g/mol. The van der Waals surface area contributed by atoms with Gasteiger partial charge in [0, 0.05) is 18.0 Å². The number of amides is 1. The quantitative estimate of drug-likeness (QED) is 0.578. The van der Waals surface area contributed by atoms with Crippen molar-refractivity contribution in [1.29, 1.82) is 0 Å². The molecule has 0 aliphatic carbocycles. The lowest BCUT2D eigenvalue weighted by Gasteiger charge is -2.00. The standard InChI is InChI=1S/C18H15N7O2/c1-12-2-4-14(5-3-12)25-11-15(22-24-25)18(26)20-10-16-21-17(23-27-16)13-6-8-19-9-7-13/h2-9,11H,10H2,1H3,(H,20,26). The molecule has 27 heavy (non-hydrogen) atoms. The van der Waals surface area contributed by atoms with E-state index in [0.29, 0.717) is 11.7 Å². The Bertz CT molecular complexity index is 1050. The van der Waals surface area contributed by atoms with Crippen LogP contribution in [-0.2, 0) is 6.54 Å². The number of carbonyl (C=O) groups excluding carboxylic acids is 1. The van der Waals surface area contributed by atoms with Gasteiger partial charge < -0.3 is 9.84 Å². The van der Waals surface area contributed by atoms with Gasteiger partial charge in [-0.15, -0.1) is 5.10 Å². The van der Waals surface area contributed by atoms with Crippen molar-refractivity contribution in [3.05, 3.63) is 72.1 Å². The van der Waals surface area contributed by atoms with E-state index in [9.17, 15) is 4.79 Å². The van der Waals surface area contributed by atoms with Crippen LogP contribution < -0.4 is 5.32 Å². The van der Waals surface area contributed by atoms with Crippen molar-refractivity contribution in [2.24, 2.45) is 0 Å². The molecule has 1 N–H and O–H groups in total. The molecule has 0 radical (unpaired) electrons. The number of rotatable bonds is 5. The second kappa shape index (κ2) is 7.16. The van der Waals surface area contributed by atoms with Gasteiger partial charge in [-0.25, -0.2) is 4.68 Å². The Kier molecular flexibility index (Phi) is 4.40. The van der Waals surface area contributed by atoms with Crippen molar-refractivity contribution in [3.8, 4) is 17.1 Å². The zero-order valence-electron chi connectivity index (χ0n) is 14.4. The van der Waals surface area contributed by atoms with Gasteiger partial charge in [-0.05, 0) is 31.2 Å². The summed E-state index contributed by atoms with van der Waals surface area (Å²) in [5.41, 5.74) is 2.95. The van der Waals surface area contributed by atoms with Gasteiger partial charge in [-0.2, -0.15) is 4.98 Å². The summed E-state index contributed by atoms with van der Waals surface area (Å²) in [7, 11) is 0. The van der Waals surface area contributed by atoms with Crippen molar-refractivity contribution in [2.45, 2.75) is 13.5 Å². The number of nitrogens with zero attached hydrogens (tertiary/aromatic N) is 6. The molecule has 0 saturated heterocycles. The number of hydrogen-bond acceptors (Lipinski definition) is 7. The third-order valence-corrected chi connectivity index (χ3v) is 3.83. The minimum atomic E-state index is -0.378. The van der Waals surface area contributed by atoms with Crippen LogP contribution in [0.5, 0.6) is 0 Å². The highest BCUT2D eigenvalue weighted by molar-refractivity contribution is 5.91. The molecule has 1 aromatic carbocycles. The molecule has 0 bridgehead atoms. The van der Waals surface area contributed by atoms with Crippen molar-refractivity contribution in [3.63, 3.8) is 0 Å². The zero-order valence-corrected chi connectivity index (χ0v) is 14.4. The van der Waals surface area contributed by atoms with Crippen LogP contribution in [0.2, 0.25) is 0 Å². The summed E-state index contributed by atoms with van der Waals surface area (Å²) in [6.07, 6.45) is 4.85. The van der Waals surface area contributed by atoms with Crippen molar-refractivity contribution in [2.75, 3.05) is 0 Å². The molecule has 0 saturated carbocycles. The van der Waals surface area contributed by atoms with E-state index >= 15 is 0 Å². The number of nitrogens with one attached hydrogen (secondary N) is 1. The van der Waals surface area contributed by atoms with E-state index in [4.69, 9.17) is 4.52 Å². The van der Waals surface area contributed by atoms with Crippen molar-refractivity contribution in [1.82, 2.24) is 35.4 Å². The SMILES string of the molecule is Cc1ccc(-n2cc(C(=O)NCc3nc(-c4ccncc4)no3)nn2)cc1. The smallest absolute Gasteiger partial charge is 0.273 e. The van der Waals surface area contributed by atoms with Gasteiger partial charge in [0.05, 0.1) is 18.4 Å². The summed E-state index contributed by atoms with van der Waals surface area (Å²) in [5.74, 6) is 0.352. The largest absolute Gasteiger partial charge is 0.342 e. The molecule has 0 fully saturated rings. The summed E-state index contributed by atoms with van der Waals surface area (Å²) < 4.78 is 6.70. The van der Waals surface area contributed by atoms with Crippen LogP contribution in [0.25, 0.3) is 17.1 Å². The van der Waals surface area contributed by atoms with Crippen LogP contribution in [0, 0.1) is 6.92 Å². The highest BCUT2D eigenvalue weighted by Gasteiger charge is 2.14. The Morgan fingerprint density at radius 2 is 1.93 bits per heavy atom. The lowest BCUT2D eigenvalue weighted by atomic mass is 10.2. The van der Waals surface area contributed by atoms with E-state index < -0.39 is 0 Å². The molecular formula is C18H15N7O2. The van der Waals surface area contributed by atoms with Gasteiger partial charge in [0.15, 0.2) is 5.69 Å². The molecule has 0 aliphatic heterocycles. The Hall–Kier alpha value is -3.88. The number of pyridine rings is 1. The fourth-order valence-corrected chi connectivity index (χ4v) is 2.38. The van der Waals surface area contributed by atoms with E-state index in [1.807, 2.05) is 31.2 Å². The molecule has 0 atom stereocenters. The third-order valence-electron chi connectivity index (χ3n) is 3.83. The Morgan fingerprint density at radius 1 is 1.15 bits per heavy atom. The molecule has 9 heteroatoms. The molecule has 0 unspecified atom stereocenters. The molecule has 134 valence electrons. The van der Waals surface area contributed by atoms with Gasteiger partial charge in [0.25, 0.3) is 5.91 Å². The molecule has 0 aliphatic rings. The van der Waals surface area contributed by atoms with Crippen molar-refractivity contribution >= 4 is 5.91 Å². The minimum absolute atomic E-state index is 0.0916. The first-order valence-electron chi connectivity index (χ1n) is 8.19. The van der Waals surface area contributed by atoms with E-state index in [1.54, 1.807) is 35.4 Å². The highest BCUT2D eigenvalue weighted by atomic mass is 16.5. The van der Waals surface area contributed by atoms with E-state index in [-0.39, 0.29) is 18.1 Å². The second-order valence-electron chi connectivity index (χ2n) is 5.81. The van der Waals surface area contributed by atoms with E-state index in [1.165, 1.54) is 0 Å². The average Bonchev–Trinajstić information content (AvgIpc) is 3.37. The van der Waals surface area contributed by atoms with Crippen LogP contribution in [0.1, 0.15) is 21.9 Å². The fraction of sp³-hybridized carbons (Fsp3) is 0.111. The maximum absolute atomic E-state index is 12.3.